The van der Waals surface area contributed by atoms with Crippen LogP contribution >= 0.6 is 0 Å². The van der Waals surface area contributed by atoms with Crippen molar-refractivity contribution in [1.29, 1.82) is 0 Å². The zero-order chi connectivity index (χ0) is 22.6. The maximum absolute atomic E-state index is 9.92. The van der Waals surface area contributed by atoms with Gasteiger partial charge in [-0.1, -0.05) is 66.7 Å². The van der Waals surface area contributed by atoms with E-state index in [1.54, 1.807) is 7.11 Å². The molecule has 0 aromatic heterocycles. The van der Waals surface area contributed by atoms with Crippen LogP contribution in [0.1, 0.15) is 5.56 Å². The Kier molecular flexibility index (Phi) is 3.37. The van der Waals surface area contributed by atoms with Gasteiger partial charge in [-0.3, -0.25) is 0 Å². The van der Waals surface area contributed by atoms with E-state index in [4.69, 9.17) is 4.74 Å². The maximum Gasteiger partial charge on any atom is 0.119 e. The SMILES string of the molecule is COc1ccc2c(c1)=c1c3ccccc3c3c4c(c5ccccc5c=2c14)=c1cc(CO)ccc1=3. The molecule has 8 rings (SSSR count). The van der Waals surface area contributed by atoms with Crippen LogP contribution in [0, 0.1) is 41.7 Å². The summed E-state index contributed by atoms with van der Waals surface area (Å²) >= 11 is 0. The normalized spacial score (nSPS) is 12.5. The summed E-state index contributed by atoms with van der Waals surface area (Å²) in [7, 11) is 1.73. The zero-order valence-electron chi connectivity index (χ0n) is 18.6. The van der Waals surface area contributed by atoms with Gasteiger partial charge < -0.3 is 9.84 Å². The van der Waals surface area contributed by atoms with E-state index in [0.29, 0.717) is 0 Å². The van der Waals surface area contributed by atoms with Crippen LogP contribution in [0.15, 0.2) is 84.9 Å². The third-order valence-electron chi connectivity index (χ3n) is 7.75. The second-order valence-electron chi connectivity index (χ2n) is 9.29. The van der Waals surface area contributed by atoms with Crippen molar-refractivity contribution >= 4 is 32.3 Å². The lowest BCUT2D eigenvalue weighted by atomic mass is 9.94. The predicted molar refractivity (Wildman–Crippen MR) is 135 cm³/mol. The molecule has 0 atom stereocenters. The monoisotopic (exact) mass is 436 g/mol. The van der Waals surface area contributed by atoms with E-state index in [0.717, 1.165) is 11.3 Å². The molecule has 2 nitrogen and oxygen atoms in total. The van der Waals surface area contributed by atoms with E-state index in [-0.39, 0.29) is 6.61 Å². The van der Waals surface area contributed by atoms with Crippen LogP contribution in [0.25, 0.3) is 32.3 Å². The molecule has 0 aliphatic heterocycles. The van der Waals surface area contributed by atoms with E-state index < -0.39 is 0 Å². The fraction of sp³-hybridized carbons (Fsp3) is 0.0625. The fourth-order valence-electron chi connectivity index (χ4n) is 6.44. The molecule has 2 aliphatic rings. The van der Waals surface area contributed by atoms with Crippen LogP contribution in [0.4, 0.5) is 0 Å². The summed E-state index contributed by atoms with van der Waals surface area (Å²) in [6.07, 6.45) is 0. The van der Waals surface area contributed by atoms with E-state index >= 15 is 0 Å². The van der Waals surface area contributed by atoms with E-state index in [1.807, 2.05) is 0 Å². The van der Waals surface area contributed by atoms with Gasteiger partial charge in [0.15, 0.2) is 0 Å². The van der Waals surface area contributed by atoms with Crippen molar-refractivity contribution in [2.45, 2.75) is 6.61 Å². The average Bonchev–Trinajstić information content (AvgIpc) is 3.42. The highest BCUT2D eigenvalue weighted by atomic mass is 16.5. The minimum atomic E-state index is 0.0417. The van der Waals surface area contributed by atoms with Gasteiger partial charge in [0, 0.05) is 0 Å². The smallest absolute Gasteiger partial charge is 0.119 e. The van der Waals surface area contributed by atoms with Crippen molar-refractivity contribution in [1.82, 2.24) is 0 Å². The lowest BCUT2D eigenvalue weighted by molar-refractivity contribution is 0.282. The molecule has 0 radical (unpaired) electrons. The van der Waals surface area contributed by atoms with Crippen LogP contribution in [-0.2, 0) is 6.61 Å². The molecule has 0 bridgehead atoms. The van der Waals surface area contributed by atoms with E-state index in [2.05, 4.69) is 84.9 Å². The molecule has 0 amide bonds. The van der Waals surface area contributed by atoms with Gasteiger partial charge in [-0.15, -0.1) is 0 Å². The molecule has 0 unspecified atom stereocenters. The standard InChI is InChI=1S/C32H20O2/c1-34-18-11-13-24-26(15-18)30-22-9-5-3-7-20(22)27-23-12-10-17(16-33)14-25(23)29-21-8-4-2-6-19(21)28(24)32(30)31(27)29/h2-15,33H,16H2,1H3. The average molecular weight is 437 g/mol. The molecule has 160 valence electrons. The number of rotatable bonds is 2. The number of benzene rings is 6. The van der Waals surface area contributed by atoms with Crippen LogP contribution in [-0.4, -0.2) is 12.2 Å². The molecule has 6 aromatic carbocycles. The molecule has 0 spiro atoms. The molecule has 2 heteroatoms. The molecule has 0 saturated heterocycles. The summed E-state index contributed by atoms with van der Waals surface area (Å²) in [6.45, 7) is 0.0417. The summed E-state index contributed by atoms with van der Waals surface area (Å²) < 4.78 is 5.65. The molecule has 6 aromatic rings. The summed E-state index contributed by atoms with van der Waals surface area (Å²) in [5, 5.41) is 27.9. The van der Waals surface area contributed by atoms with Gasteiger partial charge in [0.25, 0.3) is 0 Å². The minimum Gasteiger partial charge on any atom is -0.497 e. The first-order valence-electron chi connectivity index (χ1n) is 11.7. The summed E-state index contributed by atoms with van der Waals surface area (Å²) in [4.78, 5) is 0. The van der Waals surface area contributed by atoms with Crippen LogP contribution in [0.2, 0.25) is 0 Å². The lowest BCUT2D eigenvalue weighted by Gasteiger charge is -2.08. The van der Waals surface area contributed by atoms with Crippen molar-refractivity contribution in [3.63, 3.8) is 0 Å². The summed E-state index contributed by atoms with van der Waals surface area (Å²) in [6, 6.07) is 30.5. The predicted octanol–water partition coefficient (Wildman–Crippen LogP) is 6.42. The van der Waals surface area contributed by atoms with E-state index in [1.165, 1.54) is 74.1 Å². The Morgan fingerprint density at radius 3 is 1.53 bits per heavy atom. The van der Waals surface area contributed by atoms with Gasteiger partial charge in [0.05, 0.1) is 13.7 Å². The van der Waals surface area contributed by atoms with Gasteiger partial charge in [-0.05, 0) is 97.8 Å². The first kappa shape index (κ1) is 18.3. The summed E-state index contributed by atoms with van der Waals surface area (Å²) in [5.41, 5.74) is 0.945. The minimum absolute atomic E-state index is 0.0417. The van der Waals surface area contributed by atoms with Crippen LogP contribution < -0.4 is 4.74 Å². The van der Waals surface area contributed by atoms with Gasteiger partial charge in [-0.25, -0.2) is 0 Å². The molecular formula is C32H20O2. The van der Waals surface area contributed by atoms with Crippen molar-refractivity contribution in [2.75, 3.05) is 7.11 Å². The van der Waals surface area contributed by atoms with Crippen molar-refractivity contribution < 1.29 is 9.84 Å². The number of aliphatic hydroxyl groups is 1. The Bertz CT molecular complexity index is 2140. The van der Waals surface area contributed by atoms with Crippen molar-refractivity contribution in [2.24, 2.45) is 0 Å². The number of hydrogen-bond acceptors (Lipinski definition) is 2. The Morgan fingerprint density at radius 2 is 1.03 bits per heavy atom. The summed E-state index contributed by atoms with van der Waals surface area (Å²) in [5.74, 6) is 0.878. The van der Waals surface area contributed by atoms with Gasteiger partial charge in [-0.2, -0.15) is 0 Å². The third kappa shape index (κ3) is 2.02. The topological polar surface area (TPSA) is 29.5 Å². The first-order valence-corrected chi connectivity index (χ1v) is 11.7. The molecule has 0 heterocycles. The molecule has 0 fully saturated rings. The lowest BCUT2D eigenvalue weighted by Crippen LogP contribution is -1.87. The quantitative estimate of drug-likeness (QED) is 0.317. The Balaban J connectivity index is 1.93. The Hall–Kier alpha value is -4.14. The van der Waals surface area contributed by atoms with Crippen molar-refractivity contribution in [3.05, 3.63) is 132 Å². The molecule has 2 aliphatic carbocycles. The van der Waals surface area contributed by atoms with Crippen LogP contribution in [0.3, 0.4) is 0 Å². The molecule has 1 N–H and O–H groups in total. The second-order valence-corrected chi connectivity index (χ2v) is 9.29. The van der Waals surface area contributed by atoms with Gasteiger partial charge in [0.2, 0.25) is 0 Å². The molecule has 34 heavy (non-hydrogen) atoms. The number of methoxy groups -OCH3 is 1. The highest BCUT2D eigenvalue weighted by Gasteiger charge is 2.20. The highest BCUT2D eigenvalue weighted by molar-refractivity contribution is 6.08. The van der Waals surface area contributed by atoms with Gasteiger partial charge >= 0.3 is 0 Å². The molecular weight excluding hydrogens is 416 g/mol. The fourth-order valence-corrected chi connectivity index (χ4v) is 6.44. The highest BCUT2D eigenvalue weighted by Crippen LogP contribution is 2.39. The Labute approximate surface area is 193 Å². The number of aliphatic hydroxyl groups excluding tert-OH is 1. The largest absolute Gasteiger partial charge is 0.497 e. The number of ether oxygens (including phenoxy) is 1. The molecule has 0 saturated carbocycles. The zero-order valence-corrected chi connectivity index (χ0v) is 18.6. The van der Waals surface area contributed by atoms with Crippen LogP contribution in [0.5, 0.6) is 5.75 Å². The number of hydrogen-bond donors (Lipinski definition) is 1. The second kappa shape index (κ2) is 6.25. The van der Waals surface area contributed by atoms with Crippen molar-refractivity contribution in [3.8, 4) is 5.75 Å². The first-order chi connectivity index (χ1) is 16.8. The van der Waals surface area contributed by atoms with E-state index in [9.17, 15) is 5.11 Å². The van der Waals surface area contributed by atoms with Gasteiger partial charge in [0.1, 0.15) is 5.75 Å². The third-order valence-corrected chi connectivity index (χ3v) is 7.75. The maximum atomic E-state index is 9.92. The Morgan fingerprint density at radius 1 is 0.559 bits per heavy atom. The number of fused-ring (bicyclic) bond motifs is 8.